The summed E-state index contributed by atoms with van der Waals surface area (Å²) in [7, 11) is 1.49. The van der Waals surface area contributed by atoms with Crippen LogP contribution in [-0.4, -0.2) is 108 Å². The van der Waals surface area contributed by atoms with Gasteiger partial charge in [-0.25, -0.2) is 13.6 Å². The number of nitrogens with two attached hydrogens (primary N) is 1. The summed E-state index contributed by atoms with van der Waals surface area (Å²) >= 11 is 0. The van der Waals surface area contributed by atoms with Crippen LogP contribution in [0.3, 0.4) is 0 Å². The number of piperazine rings is 1. The minimum atomic E-state index is -0.755. The fourth-order valence-electron chi connectivity index (χ4n) is 7.87. The number of anilines is 1. The number of ether oxygens (including phenoxy) is 4. The van der Waals surface area contributed by atoms with Crippen LogP contribution >= 0.6 is 0 Å². The first-order valence-electron chi connectivity index (χ1n) is 18.0. The first kappa shape index (κ1) is 36.5. The molecule has 2 aromatic carbocycles. The average Bonchev–Trinajstić information content (AvgIpc) is 3.69. The van der Waals surface area contributed by atoms with Gasteiger partial charge >= 0.3 is 12.1 Å². The largest absolute Gasteiger partial charge is 0.468 e. The van der Waals surface area contributed by atoms with Crippen molar-refractivity contribution >= 4 is 33.6 Å². The fraction of sp³-hybridized carbons (Fsp3) is 0.487. The maximum absolute atomic E-state index is 17.2. The van der Waals surface area contributed by atoms with Gasteiger partial charge < -0.3 is 29.6 Å². The molecule has 280 valence electrons. The van der Waals surface area contributed by atoms with Crippen LogP contribution in [0.1, 0.15) is 52.0 Å². The monoisotopic (exact) mass is 729 g/mol. The van der Waals surface area contributed by atoms with E-state index in [1.54, 1.807) is 18.2 Å². The van der Waals surface area contributed by atoms with Gasteiger partial charge in [-0.1, -0.05) is 12.0 Å². The fourth-order valence-corrected chi connectivity index (χ4v) is 7.87. The average molecular weight is 730 g/mol. The van der Waals surface area contributed by atoms with E-state index in [-0.39, 0.29) is 59.4 Å². The minimum absolute atomic E-state index is 0.0162. The highest BCUT2D eigenvalue weighted by Crippen LogP contribution is 2.41. The smallest absolute Gasteiger partial charge is 0.410 e. The summed E-state index contributed by atoms with van der Waals surface area (Å²) in [6, 6.07) is 5.95. The Morgan fingerprint density at radius 3 is 2.57 bits per heavy atom. The molecular weight excluding hydrogens is 684 g/mol. The molecule has 2 bridgehead atoms. The molecule has 0 spiro atoms. The lowest BCUT2D eigenvalue weighted by atomic mass is 9.95. The molecule has 5 heterocycles. The topological polar surface area (TPSA) is 128 Å². The normalized spacial score (nSPS) is 20.3. The summed E-state index contributed by atoms with van der Waals surface area (Å²) in [4.78, 5) is 33.5. The van der Waals surface area contributed by atoms with E-state index in [1.807, 2.05) is 25.7 Å². The summed E-state index contributed by atoms with van der Waals surface area (Å²) in [6.45, 7) is 8.89. The van der Waals surface area contributed by atoms with Crippen LogP contribution in [0.15, 0.2) is 30.5 Å². The van der Waals surface area contributed by atoms with Crippen LogP contribution in [0.4, 0.5) is 19.4 Å². The Kier molecular flexibility index (Phi) is 10.3. The zero-order valence-corrected chi connectivity index (χ0v) is 30.5. The molecule has 4 aromatic rings. The number of fused-ring (bicyclic) bond motifs is 4. The number of terminal acetylenes is 1. The minimum Gasteiger partial charge on any atom is -0.468 e. The zero-order valence-electron chi connectivity index (χ0n) is 30.5. The van der Waals surface area contributed by atoms with E-state index in [0.717, 1.165) is 38.8 Å². The van der Waals surface area contributed by atoms with Crippen molar-refractivity contribution in [2.24, 2.45) is 5.73 Å². The van der Waals surface area contributed by atoms with E-state index >= 15 is 8.78 Å². The quantitative estimate of drug-likeness (QED) is 0.165. The summed E-state index contributed by atoms with van der Waals surface area (Å²) in [5.74, 6) is 1.86. The number of benzene rings is 2. The Labute approximate surface area is 307 Å². The molecule has 3 atom stereocenters. The summed E-state index contributed by atoms with van der Waals surface area (Å²) in [6.07, 6.45) is 10.5. The van der Waals surface area contributed by atoms with Crippen LogP contribution in [-0.2, 0) is 9.47 Å². The van der Waals surface area contributed by atoms with Crippen LogP contribution in [0, 0.1) is 24.0 Å². The van der Waals surface area contributed by atoms with Crippen molar-refractivity contribution in [1.29, 1.82) is 0 Å². The molecule has 0 radical (unpaired) electrons. The number of likely N-dealkylation sites (tertiary alicyclic amines) is 1. The van der Waals surface area contributed by atoms with E-state index in [1.165, 1.54) is 19.4 Å². The van der Waals surface area contributed by atoms with Gasteiger partial charge in [-0.3, -0.25) is 14.8 Å². The number of methoxy groups -OCH3 is 1. The zero-order chi connectivity index (χ0) is 37.4. The molecular formula is C39H45F2N7O5. The molecule has 53 heavy (non-hydrogen) atoms. The molecule has 0 saturated carbocycles. The van der Waals surface area contributed by atoms with E-state index in [0.29, 0.717) is 54.0 Å². The molecule has 12 nitrogen and oxygen atoms in total. The number of pyridine rings is 1. The Balaban J connectivity index is 1.33. The van der Waals surface area contributed by atoms with Crippen molar-refractivity contribution in [3.05, 3.63) is 47.7 Å². The Bertz CT molecular complexity index is 2050. The number of halogens is 2. The van der Waals surface area contributed by atoms with Gasteiger partial charge in [0.2, 0.25) is 0 Å². The Morgan fingerprint density at radius 1 is 1.09 bits per heavy atom. The second kappa shape index (κ2) is 14.9. The second-order valence-corrected chi connectivity index (χ2v) is 14.8. The van der Waals surface area contributed by atoms with E-state index < -0.39 is 17.2 Å². The van der Waals surface area contributed by atoms with E-state index in [2.05, 4.69) is 25.7 Å². The van der Waals surface area contributed by atoms with Gasteiger partial charge in [-0.05, 0) is 76.6 Å². The molecule has 1 amide bonds. The third kappa shape index (κ3) is 7.25. The lowest BCUT2D eigenvalue weighted by Gasteiger charge is -2.42. The number of aromatic nitrogens is 3. The number of nitrogens with zero attached hydrogens (tertiary/aromatic N) is 6. The van der Waals surface area contributed by atoms with Gasteiger partial charge in [0.05, 0.1) is 23.0 Å². The lowest BCUT2D eigenvalue weighted by Crippen LogP contribution is -2.57. The van der Waals surface area contributed by atoms with Gasteiger partial charge in [0.1, 0.15) is 40.8 Å². The van der Waals surface area contributed by atoms with Gasteiger partial charge in [-0.2, -0.15) is 9.97 Å². The van der Waals surface area contributed by atoms with Crippen molar-refractivity contribution in [1.82, 2.24) is 24.8 Å². The van der Waals surface area contributed by atoms with Crippen molar-refractivity contribution in [3.63, 3.8) is 0 Å². The van der Waals surface area contributed by atoms with Crippen LogP contribution < -0.4 is 20.1 Å². The van der Waals surface area contributed by atoms with Gasteiger partial charge in [0.25, 0.3) is 0 Å². The number of hydrogen-bond donors (Lipinski definition) is 1. The highest BCUT2D eigenvalue weighted by atomic mass is 19.1. The van der Waals surface area contributed by atoms with Crippen molar-refractivity contribution < 1.29 is 32.5 Å². The number of carbonyl (C=O) groups excluding carboxylic acids is 1. The van der Waals surface area contributed by atoms with E-state index in [9.17, 15) is 4.79 Å². The molecule has 0 unspecified atom stereocenters. The van der Waals surface area contributed by atoms with E-state index in [4.69, 9.17) is 36.1 Å². The maximum Gasteiger partial charge on any atom is 0.410 e. The van der Waals surface area contributed by atoms with Gasteiger partial charge in [-0.15, -0.1) is 6.42 Å². The molecule has 3 saturated heterocycles. The molecule has 3 aliphatic heterocycles. The van der Waals surface area contributed by atoms with Crippen molar-refractivity contribution in [2.75, 3.05) is 58.1 Å². The highest BCUT2D eigenvalue weighted by molar-refractivity contribution is 6.03. The third-order valence-electron chi connectivity index (χ3n) is 10.1. The SMILES string of the molecule is C#Cc1c(F)ccc2cc(OCOC)cc(-c3ncc4c(N5C[C@H]6CC[C@@H](C5)N6C(=O)OC(C)(C)C)nc(OC[C@@H]5CCCN5CCN)nc4c3F)c12. The highest BCUT2D eigenvalue weighted by Gasteiger charge is 2.45. The maximum atomic E-state index is 17.2. The molecule has 0 aliphatic carbocycles. The predicted molar refractivity (Wildman–Crippen MR) is 197 cm³/mol. The van der Waals surface area contributed by atoms with Crippen LogP contribution in [0.5, 0.6) is 11.8 Å². The summed E-state index contributed by atoms with van der Waals surface area (Å²) in [5.41, 5.74) is 5.33. The first-order valence-corrected chi connectivity index (χ1v) is 18.0. The molecule has 2 aromatic heterocycles. The number of hydrogen-bond acceptors (Lipinski definition) is 11. The molecule has 3 aliphatic rings. The summed E-state index contributed by atoms with van der Waals surface area (Å²) in [5, 5.41) is 1.22. The van der Waals surface area contributed by atoms with Crippen molar-refractivity contribution in [2.45, 2.75) is 70.2 Å². The molecule has 14 heteroatoms. The van der Waals surface area contributed by atoms with Gasteiger partial charge in [0, 0.05) is 56.5 Å². The molecule has 7 rings (SSSR count). The summed E-state index contributed by atoms with van der Waals surface area (Å²) < 4.78 is 55.2. The molecule has 3 fully saturated rings. The third-order valence-corrected chi connectivity index (χ3v) is 10.1. The first-order chi connectivity index (χ1) is 25.5. The lowest BCUT2D eigenvalue weighted by molar-refractivity contribution is 0.0122. The van der Waals surface area contributed by atoms with Crippen LogP contribution in [0.2, 0.25) is 0 Å². The predicted octanol–water partition coefficient (Wildman–Crippen LogP) is 5.48. The molecule has 2 N–H and O–H groups in total. The Hall–Kier alpha value is -4.84. The number of rotatable bonds is 10. The Morgan fingerprint density at radius 2 is 1.87 bits per heavy atom. The number of amides is 1. The van der Waals surface area contributed by atoms with Crippen LogP contribution in [0.25, 0.3) is 32.9 Å². The van der Waals surface area contributed by atoms with Crippen molar-refractivity contribution in [3.8, 4) is 35.4 Å². The standard InChI is InChI=1S/C39H45F2N7O5/c1-6-28-31(40)12-9-23-16-27(52-22-50-5)17-29(32(23)28)34-33(41)35-30(18-43-34)36(45-37(44-35)51-21-26-8-7-14-46(26)15-13-42)47-19-24-10-11-25(20-47)48(24)38(49)53-39(2,3)4/h1,9,12,16-18,24-26H,7-8,10-11,13-15,19-22,42H2,2-5H3/t24-,25+,26-/m0/s1. The number of carbonyl (C=O) groups is 1. The second-order valence-electron chi connectivity index (χ2n) is 14.8. The van der Waals surface area contributed by atoms with Gasteiger partial charge in [0.15, 0.2) is 12.6 Å².